The van der Waals surface area contributed by atoms with E-state index in [1.54, 1.807) is 36.7 Å². The predicted molar refractivity (Wildman–Crippen MR) is 126 cm³/mol. The molecule has 0 aliphatic heterocycles. The monoisotopic (exact) mass is 472 g/mol. The Morgan fingerprint density at radius 2 is 1.94 bits per heavy atom. The normalized spacial score (nSPS) is 11.9. The summed E-state index contributed by atoms with van der Waals surface area (Å²) in [7, 11) is 0. The van der Waals surface area contributed by atoms with E-state index in [2.05, 4.69) is 27.4 Å². The molecule has 2 heterocycles. The molecule has 0 aliphatic carbocycles. The predicted octanol–water partition coefficient (Wildman–Crippen LogP) is 5.49. The number of carbonyl (C=O) groups excluding carboxylic acids is 1. The van der Waals surface area contributed by atoms with E-state index in [1.165, 1.54) is 0 Å². The second-order valence-electron chi connectivity index (χ2n) is 7.81. The molecular formula is C24H29ClN4O4. The van der Waals surface area contributed by atoms with E-state index >= 15 is 0 Å². The van der Waals surface area contributed by atoms with Gasteiger partial charge in [0.25, 0.3) is 5.91 Å². The smallest absolute Gasteiger partial charge is 0.252 e. The average Bonchev–Trinajstić information content (AvgIpc) is 3.29. The van der Waals surface area contributed by atoms with Crippen molar-refractivity contribution in [1.82, 2.24) is 20.4 Å². The zero-order valence-corrected chi connectivity index (χ0v) is 20.1. The molecule has 1 aromatic carbocycles. The van der Waals surface area contributed by atoms with Gasteiger partial charge < -0.3 is 19.3 Å². The fraction of sp³-hybridized carbons (Fsp3) is 0.417. The largest absolute Gasteiger partial charge is 0.490 e. The van der Waals surface area contributed by atoms with Crippen molar-refractivity contribution < 1.29 is 18.8 Å². The molecule has 1 unspecified atom stereocenters. The number of rotatable bonds is 11. The third-order valence-corrected chi connectivity index (χ3v) is 5.20. The zero-order chi connectivity index (χ0) is 23.8. The van der Waals surface area contributed by atoms with Crippen molar-refractivity contribution in [1.29, 1.82) is 0 Å². The number of nitrogens with one attached hydrogen (secondary N) is 1. The van der Waals surface area contributed by atoms with Crippen LogP contribution in [0.3, 0.4) is 0 Å². The lowest BCUT2D eigenvalue weighted by Gasteiger charge is -2.20. The molecule has 1 N–H and O–H groups in total. The van der Waals surface area contributed by atoms with Gasteiger partial charge in [-0.2, -0.15) is 4.98 Å². The standard InChI is InChI=1S/C24H29ClN4O4/c1-5-7-12-32-21-18(25)13-17(14-19(21)31-6-2)23(30)27-20(15(3)4)24-28-22(29-33-24)16-8-10-26-11-9-16/h8-11,13-15,20H,5-7,12H2,1-4H3,(H,27,30). The van der Waals surface area contributed by atoms with Crippen LogP contribution < -0.4 is 14.8 Å². The SMILES string of the molecule is CCCCOc1c(Cl)cc(C(=O)NC(c2nc(-c3ccncc3)no2)C(C)C)cc1OCC. The summed E-state index contributed by atoms with van der Waals surface area (Å²) in [6.45, 7) is 8.81. The van der Waals surface area contributed by atoms with Crippen LogP contribution in [0.25, 0.3) is 11.4 Å². The van der Waals surface area contributed by atoms with Crippen molar-refractivity contribution in [3.63, 3.8) is 0 Å². The number of nitrogens with zero attached hydrogens (tertiary/aromatic N) is 3. The maximum absolute atomic E-state index is 13.1. The highest BCUT2D eigenvalue weighted by molar-refractivity contribution is 6.32. The number of hydrogen-bond donors (Lipinski definition) is 1. The molecule has 33 heavy (non-hydrogen) atoms. The van der Waals surface area contributed by atoms with Crippen molar-refractivity contribution in [3.8, 4) is 22.9 Å². The topological polar surface area (TPSA) is 99.4 Å². The number of halogens is 1. The Kier molecular flexibility index (Phi) is 8.65. The van der Waals surface area contributed by atoms with Crippen LogP contribution >= 0.6 is 11.6 Å². The summed E-state index contributed by atoms with van der Waals surface area (Å²) >= 11 is 6.45. The summed E-state index contributed by atoms with van der Waals surface area (Å²) in [5.74, 6) is 1.30. The summed E-state index contributed by atoms with van der Waals surface area (Å²) in [6, 6.07) is 6.31. The van der Waals surface area contributed by atoms with Crippen LogP contribution in [0, 0.1) is 5.92 Å². The van der Waals surface area contributed by atoms with Gasteiger partial charge in [-0.1, -0.05) is 43.9 Å². The minimum atomic E-state index is -0.490. The van der Waals surface area contributed by atoms with Crippen molar-refractivity contribution in [3.05, 3.63) is 53.1 Å². The minimum Gasteiger partial charge on any atom is -0.490 e. The molecule has 0 saturated carbocycles. The minimum absolute atomic E-state index is 0.00169. The molecule has 0 spiro atoms. The van der Waals surface area contributed by atoms with Gasteiger partial charge in [0.05, 0.1) is 18.2 Å². The van der Waals surface area contributed by atoms with E-state index in [9.17, 15) is 4.79 Å². The van der Waals surface area contributed by atoms with Crippen LogP contribution in [0.5, 0.6) is 11.5 Å². The molecule has 1 atom stereocenters. The Morgan fingerprint density at radius 3 is 2.61 bits per heavy atom. The maximum Gasteiger partial charge on any atom is 0.252 e. The molecule has 0 fully saturated rings. The first-order valence-electron chi connectivity index (χ1n) is 11.1. The maximum atomic E-state index is 13.1. The first-order valence-corrected chi connectivity index (χ1v) is 11.5. The molecule has 0 aliphatic rings. The van der Waals surface area contributed by atoms with Crippen LogP contribution in [-0.2, 0) is 0 Å². The molecular weight excluding hydrogens is 444 g/mol. The first kappa shape index (κ1) is 24.5. The highest BCUT2D eigenvalue weighted by Gasteiger charge is 2.26. The Hall–Kier alpha value is -3.13. The van der Waals surface area contributed by atoms with Gasteiger partial charge in [-0.25, -0.2) is 0 Å². The summed E-state index contributed by atoms with van der Waals surface area (Å²) in [5, 5.41) is 7.35. The molecule has 3 rings (SSSR count). The molecule has 2 aromatic heterocycles. The molecule has 0 bridgehead atoms. The van der Waals surface area contributed by atoms with E-state index in [1.807, 2.05) is 20.8 Å². The molecule has 0 saturated heterocycles. The number of aromatic nitrogens is 3. The van der Waals surface area contributed by atoms with E-state index in [0.717, 1.165) is 18.4 Å². The van der Waals surface area contributed by atoms with Crippen LogP contribution in [0.15, 0.2) is 41.2 Å². The Labute approximate surface area is 198 Å². The number of benzene rings is 1. The number of ether oxygens (including phenoxy) is 2. The fourth-order valence-corrected chi connectivity index (χ4v) is 3.40. The summed E-state index contributed by atoms with van der Waals surface area (Å²) in [6.07, 6.45) is 5.20. The fourth-order valence-electron chi connectivity index (χ4n) is 3.14. The molecule has 176 valence electrons. The van der Waals surface area contributed by atoms with Gasteiger partial charge in [0.15, 0.2) is 11.5 Å². The van der Waals surface area contributed by atoms with E-state index < -0.39 is 6.04 Å². The Morgan fingerprint density at radius 1 is 1.18 bits per heavy atom. The van der Waals surface area contributed by atoms with E-state index in [0.29, 0.717) is 47.0 Å². The van der Waals surface area contributed by atoms with Gasteiger partial charge >= 0.3 is 0 Å². The van der Waals surface area contributed by atoms with Crippen molar-refractivity contribution in [2.75, 3.05) is 13.2 Å². The van der Waals surface area contributed by atoms with Crippen LogP contribution in [-0.4, -0.2) is 34.2 Å². The van der Waals surface area contributed by atoms with Crippen molar-refractivity contribution >= 4 is 17.5 Å². The quantitative estimate of drug-likeness (QED) is 0.368. The summed E-state index contributed by atoms with van der Waals surface area (Å²) < 4.78 is 17.0. The lowest BCUT2D eigenvalue weighted by Crippen LogP contribution is -2.32. The molecule has 3 aromatic rings. The highest BCUT2D eigenvalue weighted by Crippen LogP contribution is 2.37. The third-order valence-electron chi connectivity index (χ3n) is 4.92. The van der Waals surface area contributed by atoms with Gasteiger partial charge in [0, 0.05) is 23.5 Å². The van der Waals surface area contributed by atoms with Crippen LogP contribution in [0.1, 0.15) is 62.8 Å². The molecule has 0 radical (unpaired) electrons. The second-order valence-corrected chi connectivity index (χ2v) is 8.21. The lowest BCUT2D eigenvalue weighted by atomic mass is 10.0. The number of amides is 1. The summed E-state index contributed by atoms with van der Waals surface area (Å²) in [4.78, 5) is 21.6. The Balaban J connectivity index is 1.82. The lowest BCUT2D eigenvalue weighted by molar-refractivity contribution is 0.0913. The van der Waals surface area contributed by atoms with E-state index in [4.69, 9.17) is 25.6 Å². The van der Waals surface area contributed by atoms with Gasteiger partial charge in [-0.05, 0) is 43.5 Å². The average molecular weight is 473 g/mol. The second kappa shape index (κ2) is 11.7. The molecule has 1 amide bonds. The number of hydrogen-bond acceptors (Lipinski definition) is 7. The van der Waals surface area contributed by atoms with Gasteiger partial charge in [-0.3, -0.25) is 9.78 Å². The van der Waals surface area contributed by atoms with Gasteiger partial charge in [0.1, 0.15) is 6.04 Å². The number of pyridine rings is 1. The van der Waals surface area contributed by atoms with Crippen molar-refractivity contribution in [2.24, 2.45) is 5.92 Å². The zero-order valence-electron chi connectivity index (χ0n) is 19.3. The molecule has 8 nitrogen and oxygen atoms in total. The van der Waals surface area contributed by atoms with Crippen LogP contribution in [0.4, 0.5) is 0 Å². The van der Waals surface area contributed by atoms with Crippen molar-refractivity contribution in [2.45, 2.75) is 46.6 Å². The third kappa shape index (κ3) is 6.22. The number of unbranched alkanes of at least 4 members (excludes halogenated alkanes) is 1. The first-order chi connectivity index (χ1) is 15.9. The van der Waals surface area contributed by atoms with Crippen LogP contribution in [0.2, 0.25) is 5.02 Å². The highest BCUT2D eigenvalue weighted by atomic mass is 35.5. The Bertz CT molecular complexity index is 1060. The molecule has 9 heteroatoms. The van der Waals surface area contributed by atoms with Gasteiger partial charge in [0.2, 0.25) is 11.7 Å². The van der Waals surface area contributed by atoms with E-state index in [-0.39, 0.29) is 11.8 Å². The van der Waals surface area contributed by atoms with Gasteiger partial charge in [-0.15, -0.1) is 0 Å². The summed E-state index contributed by atoms with van der Waals surface area (Å²) in [5.41, 5.74) is 1.13. The number of carbonyl (C=O) groups is 1.